The first-order valence-electron chi connectivity index (χ1n) is 10.4. The maximum atomic E-state index is 15.0. The van der Waals surface area contributed by atoms with Gasteiger partial charge >= 0.3 is 18.1 Å². The number of halogens is 6. The minimum absolute atomic E-state index is 0.0592. The molecule has 0 saturated carbocycles. The summed E-state index contributed by atoms with van der Waals surface area (Å²) in [6.45, 7) is 1.95. The van der Waals surface area contributed by atoms with E-state index in [1.165, 1.54) is 29.2 Å². The number of likely N-dealkylation sites (N-methyl/N-ethyl adjacent to an activating group) is 1. The molecule has 1 aliphatic rings. The number of urea groups is 1. The van der Waals surface area contributed by atoms with Gasteiger partial charge in [0.2, 0.25) is 5.89 Å². The Morgan fingerprint density at radius 3 is 2.37 bits per heavy atom. The van der Waals surface area contributed by atoms with Gasteiger partial charge in [0.15, 0.2) is 0 Å². The lowest BCUT2D eigenvalue weighted by molar-refractivity contribution is -0.156. The van der Waals surface area contributed by atoms with Crippen molar-refractivity contribution in [2.45, 2.75) is 12.7 Å². The van der Waals surface area contributed by atoms with Gasteiger partial charge in [0.05, 0.1) is 11.6 Å². The van der Waals surface area contributed by atoms with Gasteiger partial charge < -0.3 is 14.2 Å². The Balaban J connectivity index is 1.62. The summed E-state index contributed by atoms with van der Waals surface area (Å²) in [6.07, 6.45) is -4.83. The van der Waals surface area contributed by atoms with E-state index in [0.29, 0.717) is 26.2 Å². The summed E-state index contributed by atoms with van der Waals surface area (Å²) in [5.74, 6) is -3.53. The molecule has 13 heteroatoms. The van der Waals surface area contributed by atoms with E-state index in [0.717, 1.165) is 12.1 Å². The number of rotatable bonds is 4. The van der Waals surface area contributed by atoms with Crippen molar-refractivity contribution in [3.63, 3.8) is 0 Å². The van der Waals surface area contributed by atoms with E-state index in [1.54, 1.807) is 4.90 Å². The average molecular weight is 516 g/mol. The zero-order valence-electron chi connectivity index (χ0n) is 18.3. The highest BCUT2D eigenvalue weighted by atomic mass is 35.5. The SMILES string of the molecule is CN1CCN(C(=O)N(Cc2ccc(-c3nnc(C(F)(F)F)o3)cc2F)c2ccc(F)c(Cl)c2)CC1. The number of benzene rings is 2. The van der Waals surface area contributed by atoms with Crippen LogP contribution in [-0.2, 0) is 12.7 Å². The molecule has 0 bridgehead atoms. The first-order valence-corrected chi connectivity index (χ1v) is 10.8. The largest absolute Gasteiger partial charge is 0.470 e. The van der Waals surface area contributed by atoms with E-state index in [2.05, 4.69) is 19.5 Å². The Morgan fingerprint density at radius 1 is 1.06 bits per heavy atom. The van der Waals surface area contributed by atoms with Crippen molar-refractivity contribution in [1.82, 2.24) is 20.0 Å². The number of amides is 2. The quantitative estimate of drug-likeness (QED) is 0.454. The summed E-state index contributed by atoms with van der Waals surface area (Å²) in [4.78, 5) is 18.3. The maximum Gasteiger partial charge on any atom is 0.470 e. The Bertz CT molecular complexity index is 1230. The van der Waals surface area contributed by atoms with Crippen LogP contribution in [0.1, 0.15) is 11.5 Å². The maximum absolute atomic E-state index is 15.0. The lowest BCUT2D eigenvalue weighted by Gasteiger charge is -2.36. The lowest BCUT2D eigenvalue weighted by atomic mass is 10.1. The van der Waals surface area contributed by atoms with E-state index in [1.807, 2.05) is 7.05 Å². The van der Waals surface area contributed by atoms with Crippen LogP contribution in [-0.4, -0.2) is 59.3 Å². The number of carbonyl (C=O) groups excluding carboxylic acids is 1. The fourth-order valence-electron chi connectivity index (χ4n) is 3.52. The number of hydrogen-bond acceptors (Lipinski definition) is 5. The molecule has 0 atom stereocenters. The number of nitrogens with zero attached hydrogens (tertiary/aromatic N) is 5. The second-order valence-corrected chi connectivity index (χ2v) is 8.38. The third-order valence-electron chi connectivity index (χ3n) is 5.52. The molecule has 35 heavy (non-hydrogen) atoms. The molecular formula is C22H19ClF5N5O2. The van der Waals surface area contributed by atoms with Crippen LogP contribution in [0.15, 0.2) is 40.8 Å². The van der Waals surface area contributed by atoms with Gasteiger partial charge in [-0.15, -0.1) is 10.2 Å². The summed E-state index contributed by atoms with van der Waals surface area (Å²) in [7, 11) is 1.93. The Morgan fingerprint density at radius 2 is 1.77 bits per heavy atom. The molecule has 0 unspecified atom stereocenters. The van der Waals surface area contributed by atoms with Crippen molar-refractivity contribution in [3.8, 4) is 11.5 Å². The van der Waals surface area contributed by atoms with Crippen molar-refractivity contribution in [1.29, 1.82) is 0 Å². The molecule has 0 radical (unpaired) electrons. The third kappa shape index (κ3) is 5.54. The van der Waals surface area contributed by atoms with E-state index in [9.17, 15) is 26.7 Å². The van der Waals surface area contributed by atoms with E-state index in [4.69, 9.17) is 11.6 Å². The minimum atomic E-state index is -4.83. The number of piperazine rings is 1. The minimum Gasteiger partial charge on any atom is -0.413 e. The fourth-order valence-corrected chi connectivity index (χ4v) is 3.70. The van der Waals surface area contributed by atoms with Gasteiger partial charge in [-0.1, -0.05) is 17.7 Å². The normalized spacial score (nSPS) is 14.9. The summed E-state index contributed by atoms with van der Waals surface area (Å²) in [5.41, 5.74) is 0.263. The second-order valence-electron chi connectivity index (χ2n) is 7.97. The second kappa shape index (κ2) is 9.78. The van der Waals surface area contributed by atoms with Gasteiger partial charge in [-0.05, 0) is 37.4 Å². The molecule has 2 aromatic carbocycles. The number of carbonyl (C=O) groups is 1. The van der Waals surface area contributed by atoms with Crippen molar-refractivity contribution in [3.05, 3.63) is 64.5 Å². The number of anilines is 1. The molecule has 0 spiro atoms. The van der Waals surface area contributed by atoms with E-state index >= 15 is 0 Å². The monoisotopic (exact) mass is 515 g/mol. The molecule has 1 saturated heterocycles. The van der Waals surface area contributed by atoms with Crippen LogP contribution < -0.4 is 4.90 Å². The molecule has 186 valence electrons. The van der Waals surface area contributed by atoms with Crippen LogP contribution in [0.5, 0.6) is 0 Å². The summed E-state index contributed by atoms with van der Waals surface area (Å²) >= 11 is 5.91. The molecule has 0 aliphatic carbocycles. The van der Waals surface area contributed by atoms with Crippen LogP contribution in [0.25, 0.3) is 11.5 Å². The van der Waals surface area contributed by atoms with Crippen LogP contribution in [0.3, 0.4) is 0 Å². The molecular weight excluding hydrogens is 497 g/mol. The predicted octanol–water partition coefficient (Wildman–Crippen LogP) is 5.06. The highest BCUT2D eigenvalue weighted by molar-refractivity contribution is 6.31. The predicted molar refractivity (Wildman–Crippen MR) is 117 cm³/mol. The van der Waals surface area contributed by atoms with Gasteiger partial charge in [-0.2, -0.15) is 13.2 Å². The smallest absolute Gasteiger partial charge is 0.413 e. The molecule has 3 aromatic rings. The number of aromatic nitrogens is 2. The topological polar surface area (TPSA) is 65.7 Å². The van der Waals surface area contributed by atoms with Crippen LogP contribution in [0.2, 0.25) is 5.02 Å². The van der Waals surface area contributed by atoms with Crippen molar-refractivity contribution >= 4 is 23.3 Å². The number of hydrogen-bond donors (Lipinski definition) is 0. The molecule has 4 rings (SSSR count). The summed E-state index contributed by atoms with van der Waals surface area (Å²) in [5, 5.41) is 6.05. The molecule has 1 aromatic heterocycles. The van der Waals surface area contributed by atoms with Crippen molar-refractivity contribution in [2.75, 3.05) is 38.1 Å². The summed E-state index contributed by atoms with van der Waals surface area (Å²) in [6, 6.07) is 6.87. The van der Waals surface area contributed by atoms with E-state index < -0.39 is 35.6 Å². The van der Waals surface area contributed by atoms with Gasteiger partial charge in [-0.25, -0.2) is 13.6 Å². The van der Waals surface area contributed by atoms with Gasteiger partial charge in [0.1, 0.15) is 11.6 Å². The molecule has 0 N–H and O–H groups in total. The molecule has 1 fully saturated rings. The Labute approximate surface area is 201 Å². The lowest BCUT2D eigenvalue weighted by Crippen LogP contribution is -2.52. The Kier molecular flexibility index (Phi) is 6.95. The average Bonchev–Trinajstić information content (AvgIpc) is 3.31. The standard InChI is InChI=1S/C22H19ClF5N5O2/c1-31-6-8-32(9-7-31)21(34)33(15-4-5-17(24)16(23)11-15)12-14-3-2-13(10-18(14)25)19-29-30-20(35-19)22(26,27)28/h2-5,10-11H,6-9,12H2,1H3. The highest BCUT2D eigenvalue weighted by Gasteiger charge is 2.38. The summed E-state index contributed by atoms with van der Waals surface area (Å²) < 4.78 is 71.5. The first kappa shape index (κ1) is 24.9. The van der Waals surface area contributed by atoms with Gasteiger partial charge in [-0.3, -0.25) is 4.90 Å². The van der Waals surface area contributed by atoms with Crippen LogP contribution >= 0.6 is 11.6 Å². The molecule has 1 aliphatic heterocycles. The van der Waals surface area contributed by atoms with Gasteiger partial charge in [0, 0.05) is 43.0 Å². The molecule has 7 nitrogen and oxygen atoms in total. The molecule has 2 heterocycles. The first-order chi connectivity index (χ1) is 16.5. The zero-order chi connectivity index (χ0) is 25.3. The van der Waals surface area contributed by atoms with Crippen molar-refractivity contribution in [2.24, 2.45) is 0 Å². The van der Waals surface area contributed by atoms with Gasteiger partial charge in [0.25, 0.3) is 0 Å². The Hall–Kier alpha value is -3.25. The zero-order valence-corrected chi connectivity index (χ0v) is 19.1. The highest BCUT2D eigenvalue weighted by Crippen LogP contribution is 2.31. The van der Waals surface area contributed by atoms with Crippen LogP contribution in [0, 0.1) is 11.6 Å². The number of alkyl halides is 3. The fraction of sp³-hybridized carbons (Fsp3) is 0.318. The van der Waals surface area contributed by atoms with E-state index in [-0.39, 0.29) is 28.4 Å². The van der Waals surface area contributed by atoms with Crippen LogP contribution in [0.4, 0.5) is 32.4 Å². The van der Waals surface area contributed by atoms with Crippen molar-refractivity contribution < 1.29 is 31.2 Å². The molecule has 2 amide bonds. The third-order valence-corrected chi connectivity index (χ3v) is 5.81.